The van der Waals surface area contributed by atoms with Crippen LogP contribution in [0.15, 0.2) is 36.4 Å². The number of carbonyl (C=O) groups excluding carboxylic acids is 1. The number of nitrogens with one attached hydrogen (secondary N) is 1. The van der Waals surface area contributed by atoms with Crippen LogP contribution < -0.4 is 5.32 Å². The van der Waals surface area contributed by atoms with Gasteiger partial charge in [0.25, 0.3) is 11.6 Å². The summed E-state index contributed by atoms with van der Waals surface area (Å²) >= 11 is 5.93. The highest BCUT2D eigenvalue weighted by Crippen LogP contribution is 2.23. The van der Waals surface area contributed by atoms with E-state index in [9.17, 15) is 14.9 Å². The molecule has 0 aliphatic rings. The number of hydrogen-bond acceptors (Lipinski definition) is 3. The lowest BCUT2D eigenvalue weighted by molar-refractivity contribution is -0.384. The predicted octanol–water partition coefficient (Wildman–Crippen LogP) is 4.12. The van der Waals surface area contributed by atoms with E-state index in [1.54, 1.807) is 6.07 Å². The fraction of sp³-hybridized carbons (Fsp3) is 0.133. The molecule has 21 heavy (non-hydrogen) atoms. The van der Waals surface area contributed by atoms with Crippen molar-refractivity contribution >= 4 is 28.9 Å². The minimum Gasteiger partial charge on any atom is -0.322 e. The van der Waals surface area contributed by atoms with E-state index < -0.39 is 10.8 Å². The molecule has 1 N–H and O–H groups in total. The first-order valence-electron chi connectivity index (χ1n) is 6.21. The molecule has 0 radical (unpaired) electrons. The van der Waals surface area contributed by atoms with Gasteiger partial charge in [0.1, 0.15) is 0 Å². The van der Waals surface area contributed by atoms with Crippen LogP contribution >= 0.6 is 11.6 Å². The zero-order valence-corrected chi connectivity index (χ0v) is 12.3. The van der Waals surface area contributed by atoms with Crippen LogP contribution in [-0.2, 0) is 0 Å². The quantitative estimate of drug-likeness (QED) is 0.685. The zero-order chi connectivity index (χ0) is 15.6. The minimum atomic E-state index is -0.559. The summed E-state index contributed by atoms with van der Waals surface area (Å²) in [6.45, 7) is 3.93. The summed E-state index contributed by atoms with van der Waals surface area (Å²) in [6, 6.07) is 9.31. The molecule has 6 heteroatoms. The molecule has 0 spiro atoms. The summed E-state index contributed by atoms with van der Waals surface area (Å²) < 4.78 is 0. The number of hydrogen-bond donors (Lipinski definition) is 1. The summed E-state index contributed by atoms with van der Waals surface area (Å²) in [5.74, 6) is -0.404. The van der Waals surface area contributed by atoms with Crippen LogP contribution in [0.3, 0.4) is 0 Å². The molecule has 0 atom stereocenters. The summed E-state index contributed by atoms with van der Waals surface area (Å²) in [7, 11) is 0. The van der Waals surface area contributed by atoms with Crippen molar-refractivity contribution in [2.45, 2.75) is 13.8 Å². The normalized spacial score (nSPS) is 10.2. The smallest absolute Gasteiger partial charge is 0.270 e. The number of nitro benzene ring substituents is 1. The Kier molecular flexibility index (Phi) is 4.23. The second-order valence-corrected chi connectivity index (χ2v) is 5.08. The second kappa shape index (κ2) is 5.93. The monoisotopic (exact) mass is 304 g/mol. The molecule has 2 aromatic carbocycles. The van der Waals surface area contributed by atoms with Crippen molar-refractivity contribution in [3.63, 3.8) is 0 Å². The van der Waals surface area contributed by atoms with Gasteiger partial charge in [0, 0.05) is 17.8 Å². The molecule has 0 bridgehead atoms. The molecule has 0 heterocycles. The first kappa shape index (κ1) is 15.0. The van der Waals surface area contributed by atoms with Crippen LogP contribution in [0.1, 0.15) is 21.5 Å². The second-order valence-electron chi connectivity index (χ2n) is 4.67. The summed E-state index contributed by atoms with van der Waals surface area (Å²) in [4.78, 5) is 22.2. The highest BCUT2D eigenvalue weighted by Gasteiger charge is 2.15. The van der Waals surface area contributed by atoms with E-state index in [4.69, 9.17) is 11.6 Å². The molecule has 0 aliphatic heterocycles. The zero-order valence-electron chi connectivity index (χ0n) is 11.5. The Morgan fingerprint density at radius 2 is 1.86 bits per heavy atom. The van der Waals surface area contributed by atoms with E-state index in [1.165, 1.54) is 12.1 Å². The molecule has 5 nitrogen and oxygen atoms in total. The highest BCUT2D eigenvalue weighted by atomic mass is 35.5. The van der Waals surface area contributed by atoms with Gasteiger partial charge in [-0.2, -0.15) is 0 Å². The van der Waals surface area contributed by atoms with Gasteiger partial charge in [-0.1, -0.05) is 17.7 Å². The Labute approximate surface area is 126 Å². The van der Waals surface area contributed by atoms with E-state index in [2.05, 4.69) is 5.32 Å². The van der Waals surface area contributed by atoms with Crippen molar-refractivity contribution < 1.29 is 9.72 Å². The summed E-state index contributed by atoms with van der Waals surface area (Å²) in [5, 5.41) is 13.4. The Morgan fingerprint density at radius 1 is 1.14 bits per heavy atom. The van der Waals surface area contributed by atoms with Crippen LogP contribution in [0.5, 0.6) is 0 Å². The Bertz CT molecular complexity index is 729. The third-order valence-electron chi connectivity index (χ3n) is 3.17. The number of aryl methyl sites for hydroxylation is 2. The molecular formula is C15H13ClN2O3. The van der Waals surface area contributed by atoms with Gasteiger partial charge in [-0.15, -0.1) is 0 Å². The summed E-state index contributed by atoms with van der Waals surface area (Å²) in [6.07, 6.45) is 0. The number of benzene rings is 2. The lowest BCUT2D eigenvalue weighted by Gasteiger charge is -2.08. The van der Waals surface area contributed by atoms with Crippen molar-refractivity contribution in [3.05, 3.63) is 68.2 Å². The number of non-ortho nitro benzene ring substituents is 1. The average Bonchev–Trinajstić information content (AvgIpc) is 2.42. The van der Waals surface area contributed by atoms with Crippen LogP contribution in [0.2, 0.25) is 5.02 Å². The molecule has 108 valence electrons. The fourth-order valence-electron chi connectivity index (χ4n) is 1.82. The number of rotatable bonds is 3. The van der Waals surface area contributed by atoms with Crippen LogP contribution in [0.4, 0.5) is 11.4 Å². The van der Waals surface area contributed by atoms with E-state index in [1.807, 2.05) is 26.0 Å². The van der Waals surface area contributed by atoms with Gasteiger partial charge in [-0.25, -0.2) is 0 Å². The number of halogens is 1. The van der Waals surface area contributed by atoms with Crippen LogP contribution in [0.25, 0.3) is 0 Å². The molecule has 0 aromatic heterocycles. The summed E-state index contributed by atoms with van der Waals surface area (Å²) in [5.41, 5.74) is 2.88. The first-order valence-corrected chi connectivity index (χ1v) is 6.59. The predicted molar refractivity (Wildman–Crippen MR) is 82.0 cm³/mol. The number of anilines is 1. The van der Waals surface area contributed by atoms with Crippen molar-refractivity contribution in [1.82, 2.24) is 0 Å². The van der Waals surface area contributed by atoms with Crippen molar-refractivity contribution in [1.29, 1.82) is 0 Å². The number of amides is 1. The molecule has 0 fully saturated rings. The Morgan fingerprint density at radius 3 is 2.43 bits per heavy atom. The van der Waals surface area contributed by atoms with Gasteiger partial charge >= 0.3 is 0 Å². The molecule has 0 unspecified atom stereocenters. The molecule has 1 amide bonds. The maximum atomic E-state index is 12.1. The van der Waals surface area contributed by atoms with Crippen LogP contribution in [-0.4, -0.2) is 10.8 Å². The topological polar surface area (TPSA) is 72.2 Å². The maximum Gasteiger partial charge on any atom is 0.270 e. The van der Waals surface area contributed by atoms with Gasteiger partial charge in [-0.3, -0.25) is 14.9 Å². The molecule has 0 saturated heterocycles. The van der Waals surface area contributed by atoms with E-state index in [0.29, 0.717) is 5.69 Å². The van der Waals surface area contributed by atoms with Crippen molar-refractivity contribution in [2.24, 2.45) is 0 Å². The third kappa shape index (κ3) is 3.38. The van der Waals surface area contributed by atoms with E-state index in [-0.39, 0.29) is 16.3 Å². The minimum absolute atomic E-state index is 0.0468. The van der Waals surface area contributed by atoms with Gasteiger partial charge in [-0.05, 0) is 43.2 Å². The molecule has 2 rings (SSSR count). The van der Waals surface area contributed by atoms with Gasteiger partial charge in [0.05, 0.1) is 15.5 Å². The lowest BCUT2D eigenvalue weighted by Crippen LogP contribution is -2.12. The van der Waals surface area contributed by atoms with Gasteiger partial charge in [0.2, 0.25) is 0 Å². The Balaban J connectivity index is 2.24. The number of carbonyl (C=O) groups is 1. The van der Waals surface area contributed by atoms with Crippen molar-refractivity contribution in [2.75, 3.05) is 5.32 Å². The molecule has 0 aliphatic carbocycles. The molecule has 0 saturated carbocycles. The van der Waals surface area contributed by atoms with Gasteiger partial charge in [0.15, 0.2) is 0 Å². The van der Waals surface area contributed by atoms with E-state index in [0.717, 1.165) is 17.2 Å². The number of nitro groups is 1. The molecule has 2 aromatic rings. The van der Waals surface area contributed by atoms with Crippen LogP contribution in [0, 0.1) is 24.0 Å². The maximum absolute atomic E-state index is 12.1. The SMILES string of the molecule is Cc1ccc(NC(=O)c2ccc([N+](=O)[O-])cc2Cl)cc1C. The highest BCUT2D eigenvalue weighted by molar-refractivity contribution is 6.34. The molecular weight excluding hydrogens is 292 g/mol. The third-order valence-corrected chi connectivity index (χ3v) is 3.49. The van der Waals surface area contributed by atoms with Crippen molar-refractivity contribution in [3.8, 4) is 0 Å². The van der Waals surface area contributed by atoms with E-state index >= 15 is 0 Å². The number of nitrogens with zero attached hydrogens (tertiary/aromatic N) is 1. The fourth-order valence-corrected chi connectivity index (χ4v) is 2.08. The lowest BCUT2D eigenvalue weighted by atomic mass is 10.1. The Hall–Kier alpha value is -2.40. The first-order chi connectivity index (χ1) is 9.88. The average molecular weight is 305 g/mol. The standard InChI is InChI=1S/C15H13ClN2O3/c1-9-3-4-11(7-10(9)2)17-15(19)13-6-5-12(18(20)21)8-14(13)16/h3-8H,1-2H3,(H,17,19). The van der Waals surface area contributed by atoms with Gasteiger partial charge < -0.3 is 5.32 Å². The largest absolute Gasteiger partial charge is 0.322 e.